The van der Waals surface area contributed by atoms with Crippen molar-refractivity contribution in [1.82, 2.24) is 0 Å². The lowest BCUT2D eigenvalue weighted by molar-refractivity contribution is 0.623. The Morgan fingerprint density at radius 2 is 1.50 bits per heavy atom. The summed E-state index contributed by atoms with van der Waals surface area (Å²) in [5.41, 5.74) is 6.31. The Morgan fingerprint density at radius 3 is 2.07 bits per heavy atom. The first-order valence-electron chi connectivity index (χ1n) is 8.99. The molecule has 142 valence electrons. The molecule has 1 N–H and O–H groups in total. The van der Waals surface area contributed by atoms with Gasteiger partial charge >= 0.3 is 0 Å². The number of hydrogen-bond acceptors (Lipinski definition) is 1. The average molecular weight is 395 g/mol. The van der Waals surface area contributed by atoms with Crippen LogP contribution >= 0.6 is 0 Å². The van der Waals surface area contributed by atoms with E-state index in [2.05, 4.69) is 4.72 Å². The lowest BCUT2D eigenvalue weighted by Gasteiger charge is -2.13. The van der Waals surface area contributed by atoms with Crippen LogP contribution in [0.1, 0.15) is 27.8 Å². The summed E-state index contributed by atoms with van der Waals surface area (Å²) in [6, 6.07) is 17.2. The van der Waals surface area contributed by atoms with Gasteiger partial charge in [0.2, 0.25) is 0 Å². The van der Waals surface area contributed by atoms with E-state index in [1.807, 2.05) is 30.3 Å². The fourth-order valence-corrected chi connectivity index (χ4v) is 4.12. The lowest BCUT2D eigenvalue weighted by atomic mass is 9.92. The number of benzene rings is 3. The van der Waals surface area contributed by atoms with Crippen LogP contribution in [0.5, 0.6) is 0 Å². The molecule has 0 radical (unpaired) electrons. The largest absolute Gasteiger partial charge is 0.305 e. The highest BCUT2D eigenvalue weighted by atomic mass is 32.2. The minimum atomic E-state index is -1.17. The van der Waals surface area contributed by atoms with Crippen molar-refractivity contribution in [3.8, 4) is 0 Å². The maximum atomic E-state index is 13.8. The molecule has 3 aromatic rings. The molecule has 0 amide bonds. The first kappa shape index (κ1) is 18.6. The standard InChI is InChI=1S/C23H19F2NOS/c1-28(27)26-20-4-2-3-15(11-20)12-23-21-9-7-18(24)13-16(21)5-6-17-14-19(25)8-10-22(17)23/h2-4,7-14,26H,5-6H2,1H3. The van der Waals surface area contributed by atoms with Gasteiger partial charge in [-0.25, -0.2) is 13.0 Å². The van der Waals surface area contributed by atoms with E-state index in [-0.39, 0.29) is 11.6 Å². The molecule has 1 unspecified atom stereocenters. The highest BCUT2D eigenvalue weighted by Gasteiger charge is 2.19. The minimum Gasteiger partial charge on any atom is -0.305 e. The fraction of sp³-hybridized carbons (Fsp3) is 0.130. The van der Waals surface area contributed by atoms with Crippen LogP contribution in [-0.2, 0) is 23.8 Å². The van der Waals surface area contributed by atoms with E-state index in [1.54, 1.807) is 30.5 Å². The molecule has 4 rings (SSSR count). The summed E-state index contributed by atoms with van der Waals surface area (Å²) in [5.74, 6) is -0.543. The van der Waals surface area contributed by atoms with Crippen LogP contribution in [0.2, 0.25) is 0 Å². The predicted molar refractivity (Wildman–Crippen MR) is 111 cm³/mol. The molecular weight excluding hydrogens is 376 g/mol. The number of fused-ring (bicyclic) bond motifs is 2. The second-order valence-electron chi connectivity index (χ2n) is 6.84. The Labute approximate surface area is 165 Å². The first-order valence-corrected chi connectivity index (χ1v) is 10.5. The molecule has 0 fully saturated rings. The smallest absolute Gasteiger partial charge is 0.123 e. The number of hydrogen-bond donors (Lipinski definition) is 1. The molecule has 5 heteroatoms. The number of aryl methyl sites for hydroxylation is 2. The van der Waals surface area contributed by atoms with Crippen LogP contribution < -0.4 is 4.72 Å². The van der Waals surface area contributed by atoms with Gasteiger partial charge in [-0.15, -0.1) is 0 Å². The van der Waals surface area contributed by atoms with E-state index in [0.29, 0.717) is 12.8 Å². The number of halogens is 2. The van der Waals surface area contributed by atoms with Crippen molar-refractivity contribution in [1.29, 1.82) is 0 Å². The second-order valence-corrected chi connectivity index (χ2v) is 7.95. The fourth-order valence-electron chi connectivity index (χ4n) is 3.66. The minimum absolute atomic E-state index is 0.271. The first-order chi connectivity index (χ1) is 13.5. The number of rotatable bonds is 3. The lowest BCUT2D eigenvalue weighted by Crippen LogP contribution is -2.00. The summed E-state index contributed by atoms with van der Waals surface area (Å²) in [5, 5.41) is 0. The van der Waals surface area contributed by atoms with Gasteiger partial charge in [0, 0.05) is 11.9 Å². The molecule has 2 nitrogen and oxygen atoms in total. The van der Waals surface area contributed by atoms with Gasteiger partial charge in [-0.1, -0.05) is 24.3 Å². The predicted octanol–water partition coefficient (Wildman–Crippen LogP) is 5.36. The van der Waals surface area contributed by atoms with Crippen LogP contribution in [-0.4, -0.2) is 10.5 Å². The molecule has 0 saturated carbocycles. The van der Waals surface area contributed by atoms with Crippen molar-refractivity contribution in [2.45, 2.75) is 12.8 Å². The Bertz CT molecular complexity index is 1050. The van der Waals surface area contributed by atoms with Crippen molar-refractivity contribution in [2.24, 2.45) is 0 Å². The molecule has 1 atom stereocenters. The summed E-state index contributed by atoms with van der Waals surface area (Å²) in [7, 11) is -1.17. The van der Waals surface area contributed by atoms with Crippen LogP contribution in [0, 0.1) is 11.6 Å². The van der Waals surface area contributed by atoms with Crippen molar-refractivity contribution in [3.05, 3.63) is 100 Å². The van der Waals surface area contributed by atoms with Crippen molar-refractivity contribution in [3.63, 3.8) is 0 Å². The van der Waals surface area contributed by atoms with E-state index < -0.39 is 11.0 Å². The second kappa shape index (κ2) is 7.68. The molecule has 28 heavy (non-hydrogen) atoms. The highest BCUT2D eigenvalue weighted by molar-refractivity contribution is 7.85. The number of anilines is 1. The van der Waals surface area contributed by atoms with Crippen molar-refractivity contribution in [2.75, 3.05) is 11.0 Å². The summed E-state index contributed by atoms with van der Waals surface area (Å²) in [6.07, 6.45) is 4.89. The van der Waals surface area contributed by atoms with Gasteiger partial charge in [0.1, 0.15) is 22.6 Å². The average Bonchev–Trinajstić information content (AvgIpc) is 2.78. The van der Waals surface area contributed by atoms with Crippen molar-refractivity contribution < 1.29 is 13.0 Å². The SMILES string of the molecule is CS(=O)Nc1cccc(C=C2c3ccc(F)cc3CCc3cc(F)ccc32)c1. The van der Waals surface area contributed by atoms with Gasteiger partial charge in [0.05, 0.1) is 0 Å². The van der Waals surface area contributed by atoms with Gasteiger partial charge in [0.25, 0.3) is 0 Å². The van der Waals surface area contributed by atoms with Crippen LogP contribution in [0.25, 0.3) is 11.6 Å². The molecule has 0 heterocycles. The zero-order valence-corrected chi connectivity index (χ0v) is 16.2. The third-order valence-electron chi connectivity index (χ3n) is 4.84. The highest BCUT2D eigenvalue weighted by Crippen LogP contribution is 2.35. The van der Waals surface area contributed by atoms with E-state index in [0.717, 1.165) is 39.1 Å². The molecule has 0 bridgehead atoms. The molecule has 0 aliphatic heterocycles. The Kier molecular flexibility index (Phi) is 5.09. The molecule has 1 aliphatic carbocycles. The Hall–Kier alpha value is -2.79. The molecule has 3 aromatic carbocycles. The summed E-state index contributed by atoms with van der Waals surface area (Å²) < 4.78 is 42.0. The number of nitrogens with one attached hydrogen (secondary N) is 1. The van der Waals surface area contributed by atoms with Crippen LogP contribution in [0.3, 0.4) is 0 Å². The van der Waals surface area contributed by atoms with Gasteiger partial charge in [-0.2, -0.15) is 0 Å². The van der Waals surface area contributed by atoms with Gasteiger partial charge in [-0.05, 0) is 88.7 Å². The van der Waals surface area contributed by atoms with E-state index in [1.165, 1.54) is 12.1 Å². The van der Waals surface area contributed by atoms with Gasteiger partial charge < -0.3 is 4.72 Å². The molecule has 1 aliphatic rings. The summed E-state index contributed by atoms with van der Waals surface area (Å²) in [4.78, 5) is 0. The molecule has 0 aromatic heterocycles. The maximum absolute atomic E-state index is 13.8. The van der Waals surface area contributed by atoms with Gasteiger partial charge in [0.15, 0.2) is 0 Å². The molecule has 0 saturated heterocycles. The Morgan fingerprint density at radius 1 is 0.893 bits per heavy atom. The van der Waals surface area contributed by atoms with Crippen molar-refractivity contribution >= 4 is 28.3 Å². The van der Waals surface area contributed by atoms with Gasteiger partial charge in [-0.3, -0.25) is 0 Å². The van der Waals surface area contributed by atoms with Crippen LogP contribution in [0.15, 0.2) is 60.7 Å². The normalized spacial score (nSPS) is 13.9. The third-order valence-corrected chi connectivity index (χ3v) is 5.36. The van der Waals surface area contributed by atoms with E-state index in [4.69, 9.17) is 0 Å². The molecule has 0 spiro atoms. The topological polar surface area (TPSA) is 29.1 Å². The zero-order chi connectivity index (χ0) is 19.7. The maximum Gasteiger partial charge on any atom is 0.123 e. The van der Waals surface area contributed by atoms with E-state index in [9.17, 15) is 13.0 Å². The summed E-state index contributed by atoms with van der Waals surface area (Å²) in [6.45, 7) is 0. The summed E-state index contributed by atoms with van der Waals surface area (Å²) >= 11 is 0. The van der Waals surface area contributed by atoms with Crippen LogP contribution in [0.4, 0.5) is 14.5 Å². The monoisotopic (exact) mass is 395 g/mol. The Balaban J connectivity index is 1.90. The quantitative estimate of drug-likeness (QED) is 0.636. The van der Waals surface area contributed by atoms with E-state index >= 15 is 0 Å². The molecular formula is C23H19F2NOS. The zero-order valence-electron chi connectivity index (χ0n) is 15.3. The third kappa shape index (κ3) is 3.90.